The molecule has 5 heteroatoms. The van der Waals surface area contributed by atoms with Crippen molar-refractivity contribution in [2.45, 2.75) is 19.9 Å². The van der Waals surface area contributed by atoms with Crippen molar-refractivity contribution in [2.75, 3.05) is 13.1 Å². The molecular weight excluding hydrogens is 252 g/mol. The topological polar surface area (TPSA) is 62.5 Å². The highest BCUT2D eigenvalue weighted by Crippen LogP contribution is 2.21. The van der Waals surface area contributed by atoms with Gasteiger partial charge in [-0.3, -0.25) is 9.99 Å². The Labute approximate surface area is 118 Å². The number of carbonyl (C=O) groups is 1. The number of aryl methyl sites for hydroxylation is 1. The zero-order valence-corrected chi connectivity index (χ0v) is 11.5. The zero-order valence-electron chi connectivity index (χ0n) is 11.5. The summed E-state index contributed by atoms with van der Waals surface area (Å²) in [4.78, 5) is 18.4. The van der Waals surface area contributed by atoms with Crippen molar-refractivity contribution >= 4 is 16.9 Å². The van der Waals surface area contributed by atoms with Gasteiger partial charge in [-0.2, -0.15) is 0 Å². The van der Waals surface area contributed by atoms with Crippen LogP contribution < -0.4 is 5.84 Å². The van der Waals surface area contributed by atoms with Crippen LogP contribution in [0.3, 0.4) is 0 Å². The van der Waals surface area contributed by atoms with Crippen LogP contribution in [-0.2, 0) is 6.54 Å². The molecule has 20 heavy (non-hydrogen) atoms. The summed E-state index contributed by atoms with van der Waals surface area (Å²) >= 11 is 0. The summed E-state index contributed by atoms with van der Waals surface area (Å²) in [7, 11) is 0. The summed E-state index contributed by atoms with van der Waals surface area (Å²) in [5.74, 6) is 5.69. The Morgan fingerprint density at radius 3 is 2.95 bits per heavy atom. The van der Waals surface area contributed by atoms with E-state index in [1.54, 1.807) is 4.90 Å². The van der Waals surface area contributed by atoms with Gasteiger partial charge >= 0.3 is 6.03 Å². The van der Waals surface area contributed by atoms with E-state index in [4.69, 9.17) is 5.84 Å². The number of nitrogens with two attached hydrogens (primary N) is 1. The molecule has 0 radical (unpaired) electrons. The molecule has 3 rings (SSSR count). The van der Waals surface area contributed by atoms with Crippen molar-refractivity contribution in [1.82, 2.24) is 14.9 Å². The van der Waals surface area contributed by atoms with E-state index in [1.807, 2.05) is 37.3 Å². The first-order valence-corrected chi connectivity index (χ1v) is 6.81. The number of pyridine rings is 1. The van der Waals surface area contributed by atoms with Crippen LogP contribution in [0.5, 0.6) is 0 Å². The largest absolute Gasteiger partial charge is 0.334 e. The molecule has 0 bridgehead atoms. The van der Waals surface area contributed by atoms with Gasteiger partial charge in [0.25, 0.3) is 0 Å². The van der Waals surface area contributed by atoms with E-state index in [-0.39, 0.29) is 6.03 Å². The van der Waals surface area contributed by atoms with Crippen LogP contribution in [0.4, 0.5) is 4.79 Å². The molecule has 1 aromatic carbocycles. The standard InChI is InChI=1S/C15H18N4O/c1-11-9-12(13-5-2-3-6-14(13)17-11)10-18-7-4-8-19(16)15(18)20/h2-3,5-6,9H,4,7-8,10,16H2,1H3. The fraction of sp³-hybridized carbons (Fsp3) is 0.333. The number of aromatic nitrogens is 1. The third-order valence-corrected chi connectivity index (χ3v) is 3.63. The Morgan fingerprint density at radius 1 is 1.30 bits per heavy atom. The number of hydrogen-bond acceptors (Lipinski definition) is 3. The minimum absolute atomic E-state index is 0.102. The molecule has 0 atom stereocenters. The second kappa shape index (κ2) is 5.09. The zero-order chi connectivity index (χ0) is 14.1. The van der Waals surface area contributed by atoms with Crippen LogP contribution in [0.2, 0.25) is 0 Å². The van der Waals surface area contributed by atoms with Crippen LogP contribution in [0.15, 0.2) is 30.3 Å². The maximum absolute atomic E-state index is 12.1. The summed E-state index contributed by atoms with van der Waals surface area (Å²) in [6.07, 6.45) is 0.907. The van der Waals surface area contributed by atoms with Crippen molar-refractivity contribution in [3.63, 3.8) is 0 Å². The third kappa shape index (κ3) is 2.32. The Balaban J connectivity index is 1.96. The highest BCUT2D eigenvalue weighted by Gasteiger charge is 2.23. The predicted molar refractivity (Wildman–Crippen MR) is 77.8 cm³/mol. The van der Waals surface area contributed by atoms with E-state index in [0.717, 1.165) is 35.1 Å². The van der Waals surface area contributed by atoms with E-state index < -0.39 is 0 Å². The van der Waals surface area contributed by atoms with Crippen molar-refractivity contribution in [2.24, 2.45) is 5.84 Å². The Bertz CT molecular complexity index is 655. The van der Waals surface area contributed by atoms with Crippen LogP contribution >= 0.6 is 0 Å². The molecule has 0 unspecified atom stereocenters. The average molecular weight is 270 g/mol. The van der Waals surface area contributed by atoms with Gasteiger partial charge < -0.3 is 4.90 Å². The summed E-state index contributed by atoms with van der Waals surface area (Å²) in [5, 5.41) is 2.39. The van der Waals surface area contributed by atoms with Crippen LogP contribution in [0.1, 0.15) is 17.7 Å². The molecular formula is C15H18N4O. The Kier molecular flexibility index (Phi) is 3.28. The van der Waals surface area contributed by atoms with E-state index in [0.29, 0.717) is 13.1 Å². The van der Waals surface area contributed by atoms with Crippen LogP contribution in [0.25, 0.3) is 10.9 Å². The molecule has 2 heterocycles. The van der Waals surface area contributed by atoms with Gasteiger partial charge in [0.1, 0.15) is 0 Å². The number of fused-ring (bicyclic) bond motifs is 1. The maximum atomic E-state index is 12.1. The number of para-hydroxylation sites is 1. The lowest BCUT2D eigenvalue weighted by Crippen LogP contribution is -2.52. The quantitative estimate of drug-likeness (QED) is 0.671. The lowest BCUT2D eigenvalue weighted by atomic mass is 10.1. The average Bonchev–Trinajstić information content (AvgIpc) is 2.43. The molecule has 1 saturated heterocycles. The normalized spacial score (nSPS) is 16.0. The van der Waals surface area contributed by atoms with Gasteiger partial charge in [0.15, 0.2) is 0 Å². The number of amides is 2. The second-order valence-corrected chi connectivity index (χ2v) is 5.19. The number of urea groups is 1. The van der Waals surface area contributed by atoms with Crippen LogP contribution in [0, 0.1) is 6.92 Å². The van der Waals surface area contributed by atoms with E-state index >= 15 is 0 Å². The van der Waals surface area contributed by atoms with Crippen molar-refractivity contribution in [3.05, 3.63) is 41.6 Å². The minimum atomic E-state index is -0.102. The summed E-state index contributed by atoms with van der Waals surface area (Å²) in [5.41, 5.74) is 3.06. The highest BCUT2D eigenvalue weighted by molar-refractivity contribution is 5.83. The van der Waals surface area contributed by atoms with Gasteiger partial charge in [-0.25, -0.2) is 10.6 Å². The molecule has 2 aromatic rings. The molecule has 104 valence electrons. The number of rotatable bonds is 2. The van der Waals surface area contributed by atoms with Gasteiger partial charge in [-0.05, 0) is 31.0 Å². The number of hydrazine groups is 1. The first-order chi connectivity index (χ1) is 9.65. The molecule has 2 N–H and O–H groups in total. The molecule has 1 aliphatic rings. The van der Waals surface area contributed by atoms with Gasteiger partial charge in [0.2, 0.25) is 0 Å². The Hall–Kier alpha value is -2.14. The first-order valence-electron chi connectivity index (χ1n) is 6.81. The van der Waals surface area contributed by atoms with Crippen molar-refractivity contribution < 1.29 is 4.79 Å². The van der Waals surface area contributed by atoms with E-state index in [2.05, 4.69) is 4.98 Å². The molecule has 1 aliphatic heterocycles. The molecule has 1 aromatic heterocycles. The predicted octanol–water partition coefficient (Wildman–Crippen LogP) is 2.04. The smallest absolute Gasteiger partial charge is 0.319 e. The monoisotopic (exact) mass is 270 g/mol. The number of carbonyl (C=O) groups excluding carboxylic acids is 1. The highest BCUT2D eigenvalue weighted by atomic mass is 16.2. The first kappa shape index (κ1) is 12.9. The number of nitrogens with zero attached hydrogens (tertiary/aromatic N) is 3. The summed E-state index contributed by atoms with van der Waals surface area (Å²) in [6.45, 7) is 3.94. The minimum Gasteiger partial charge on any atom is -0.319 e. The van der Waals surface area contributed by atoms with Crippen molar-refractivity contribution in [1.29, 1.82) is 0 Å². The van der Waals surface area contributed by atoms with Gasteiger partial charge in [0.05, 0.1) is 5.52 Å². The summed E-state index contributed by atoms with van der Waals surface area (Å²) in [6, 6.07) is 9.97. The lowest BCUT2D eigenvalue weighted by molar-refractivity contribution is 0.127. The number of hydrogen-bond donors (Lipinski definition) is 1. The third-order valence-electron chi connectivity index (χ3n) is 3.63. The van der Waals surface area contributed by atoms with Gasteiger partial charge in [-0.15, -0.1) is 0 Å². The molecule has 0 aliphatic carbocycles. The Morgan fingerprint density at radius 2 is 2.10 bits per heavy atom. The van der Waals surface area contributed by atoms with E-state index in [1.165, 1.54) is 5.01 Å². The fourth-order valence-corrected chi connectivity index (χ4v) is 2.68. The van der Waals surface area contributed by atoms with E-state index in [9.17, 15) is 4.79 Å². The number of benzene rings is 1. The summed E-state index contributed by atoms with van der Waals surface area (Å²) < 4.78 is 0. The second-order valence-electron chi connectivity index (χ2n) is 5.19. The van der Waals surface area contributed by atoms with Gasteiger partial charge in [0, 0.05) is 30.7 Å². The maximum Gasteiger partial charge on any atom is 0.334 e. The van der Waals surface area contributed by atoms with Crippen LogP contribution in [-0.4, -0.2) is 34.0 Å². The molecule has 5 nitrogen and oxygen atoms in total. The fourth-order valence-electron chi connectivity index (χ4n) is 2.68. The molecule has 0 spiro atoms. The molecule has 1 fully saturated rings. The molecule has 2 amide bonds. The SMILES string of the molecule is Cc1cc(CN2CCCN(N)C2=O)c2ccccc2n1. The lowest BCUT2D eigenvalue weighted by Gasteiger charge is -2.33. The molecule has 0 saturated carbocycles. The van der Waals surface area contributed by atoms with Crippen molar-refractivity contribution in [3.8, 4) is 0 Å². The van der Waals surface area contributed by atoms with Gasteiger partial charge in [-0.1, -0.05) is 18.2 Å².